The van der Waals surface area contributed by atoms with E-state index in [1.807, 2.05) is 0 Å². The number of nitrogens with zero attached hydrogens (tertiary/aromatic N) is 3. The summed E-state index contributed by atoms with van der Waals surface area (Å²) >= 11 is 12.0. The molecule has 1 saturated carbocycles. The molecule has 1 aromatic heterocycles. The highest BCUT2D eigenvalue weighted by atomic mass is 35.5. The quantitative estimate of drug-likeness (QED) is 0.828. The van der Waals surface area contributed by atoms with Gasteiger partial charge in [0.25, 0.3) is 5.91 Å². The van der Waals surface area contributed by atoms with Gasteiger partial charge in [0.15, 0.2) is 5.69 Å². The lowest BCUT2D eigenvalue weighted by molar-refractivity contribution is 0.0154. The Morgan fingerprint density at radius 2 is 1.96 bits per heavy atom. The summed E-state index contributed by atoms with van der Waals surface area (Å²) < 4.78 is 5.55. The number of carbonyl (C=O) groups excluding carboxylic acids is 1. The van der Waals surface area contributed by atoms with Gasteiger partial charge in [0.05, 0.1) is 10.6 Å². The molecular formula is C18H19Cl2N3O3. The topological polar surface area (TPSA) is 75.5 Å². The first kappa shape index (κ1) is 18.9. The van der Waals surface area contributed by atoms with Gasteiger partial charge >= 0.3 is 0 Å². The van der Waals surface area contributed by atoms with Crippen molar-refractivity contribution in [3.63, 3.8) is 0 Å². The average Bonchev–Trinajstić information content (AvgIpc) is 3.05. The molecule has 3 rings (SSSR count). The predicted molar refractivity (Wildman–Crippen MR) is 98.9 cm³/mol. The van der Waals surface area contributed by atoms with E-state index in [0.717, 1.165) is 12.8 Å². The highest BCUT2D eigenvalue weighted by Crippen LogP contribution is 2.34. The van der Waals surface area contributed by atoms with Crippen LogP contribution in [0.2, 0.25) is 10.0 Å². The van der Waals surface area contributed by atoms with Crippen molar-refractivity contribution in [1.29, 1.82) is 0 Å². The van der Waals surface area contributed by atoms with E-state index in [0.29, 0.717) is 23.6 Å². The summed E-state index contributed by atoms with van der Waals surface area (Å²) in [6.45, 7) is 0.282. The van der Waals surface area contributed by atoms with E-state index < -0.39 is 5.60 Å². The van der Waals surface area contributed by atoms with Crippen molar-refractivity contribution < 1.29 is 14.6 Å². The molecule has 1 aliphatic rings. The maximum atomic E-state index is 12.5. The average molecular weight is 396 g/mol. The van der Waals surface area contributed by atoms with Gasteiger partial charge in [-0.1, -0.05) is 42.1 Å². The Labute approximate surface area is 161 Å². The molecule has 2 aromatic rings. The minimum Gasteiger partial charge on any atom is -0.436 e. The molecule has 0 unspecified atom stereocenters. The second-order valence-electron chi connectivity index (χ2n) is 6.50. The maximum absolute atomic E-state index is 12.5. The van der Waals surface area contributed by atoms with Crippen molar-refractivity contribution in [2.75, 3.05) is 13.6 Å². The summed E-state index contributed by atoms with van der Waals surface area (Å²) in [5, 5.41) is 18.9. The molecule has 0 aliphatic heterocycles. The van der Waals surface area contributed by atoms with E-state index in [9.17, 15) is 9.90 Å². The fourth-order valence-corrected chi connectivity index (χ4v) is 3.39. The van der Waals surface area contributed by atoms with Crippen molar-refractivity contribution >= 4 is 29.1 Å². The minimum absolute atomic E-state index is 0.179. The van der Waals surface area contributed by atoms with E-state index in [1.54, 1.807) is 25.2 Å². The Morgan fingerprint density at radius 3 is 2.62 bits per heavy atom. The summed E-state index contributed by atoms with van der Waals surface area (Å²) in [5.41, 5.74) is -0.622. The van der Waals surface area contributed by atoms with Crippen LogP contribution in [-0.2, 0) is 0 Å². The Balaban J connectivity index is 1.66. The Morgan fingerprint density at radius 1 is 1.23 bits per heavy atom. The van der Waals surface area contributed by atoms with Crippen LogP contribution < -0.4 is 4.74 Å². The van der Waals surface area contributed by atoms with Crippen LogP contribution in [0.5, 0.6) is 11.6 Å². The first-order chi connectivity index (χ1) is 12.4. The van der Waals surface area contributed by atoms with Crippen LogP contribution in [0.15, 0.2) is 30.3 Å². The van der Waals surface area contributed by atoms with Crippen LogP contribution in [0.1, 0.15) is 36.2 Å². The number of benzene rings is 1. The zero-order chi connectivity index (χ0) is 18.7. The van der Waals surface area contributed by atoms with Crippen LogP contribution in [0.4, 0.5) is 0 Å². The van der Waals surface area contributed by atoms with E-state index in [-0.39, 0.29) is 29.0 Å². The molecule has 26 heavy (non-hydrogen) atoms. The van der Waals surface area contributed by atoms with Crippen LogP contribution in [0.25, 0.3) is 0 Å². The van der Waals surface area contributed by atoms with Crippen molar-refractivity contribution in [2.45, 2.75) is 31.3 Å². The summed E-state index contributed by atoms with van der Waals surface area (Å²) in [7, 11) is 1.65. The van der Waals surface area contributed by atoms with Crippen molar-refractivity contribution in [2.24, 2.45) is 0 Å². The molecule has 1 fully saturated rings. The third kappa shape index (κ3) is 4.26. The van der Waals surface area contributed by atoms with E-state index in [4.69, 9.17) is 27.9 Å². The summed E-state index contributed by atoms with van der Waals surface area (Å²) in [6.07, 6.45) is 3.39. The molecular weight excluding hydrogens is 377 g/mol. The molecule has 6 nitrogen and oxygen atoms in total. The Hall–Kier alpha value is -1.89. The summed E-state index contributed by atoms with van der Waals surface area (Å²) in [6, 6.07) is 8.08. The van der Waals surface area contributed by atoms with Crippen LogP contribution in [0.3, 0.4) is 0 Å². The number of halogens is 2. The van der Waals surface area contributed by atoms with Crippen molar-refractivity contribution in [1.82, 2.24) is 15.1 Å². The molecule has 8 heteroatoms. The normalized spacial score (nSPS) is 15.7. The molecule has 1 amide bonds. The number of hydrogen-bond donors (Lipinski definition) is 1. The lowest BCUT2D eigenvalue weighted by Crippen LogP contribution is -2.42. The fourth-order valence-electron chi connectivity index (χ4n) is 3.06. The molecule has 1 N–H and O–H groups in total. The Bertz CT molecular complexity index is 793. The standard InChI is InChI=1S/C18H19Cl2N3O3/c1-23(11-18(25)9-2-3-10-18)17(24)13-7-8-15(22-21-13)26-14-6-4-5-12(19)16(14)20/h4-8,25H,2-3,9-11H2,1H3. The molecule has 1 heterocycles. The second-order valence-corrected chi connectivity index (χ2v) is 7.29. The minimum atomic E-state index is -0.801. The molecule has 0 bridgehead atoms. The summed E-state index contributed by atoms with van der Waals surface area (Å²) in [5.74, 6) is 0.251. The number of carbonyl (C=O) groups is 1. The molecule has 0 atom stereocenters. The fraction of sp³-hybridized carbons (Fsp3) is 0.389. The molecule has 0 radical (unpaired) electrons. The number of aliphatic hydroxyl groups is 1. The van der Waals surface area contributed by atoms with Crippen LogP contribution in [0, 0.1) is 0 Å². The highest BCUT2D eigenvalue weighted by molar-refractivity contribution is 6.42. The molecule has 0 spiro atoms. The number of rotatable bonds is 5. The third-order valence-electron chi connectivity index (χ3n) is 4.40. The second kappa shape index (κ2) is 7.78. The third-order valence-corrected chi connectivity index (χ3v) is 5.20. The SMILES string of the molecule is CN(CC1(O)CCCC1)C(=O)c1ccc(Oc2cccc(Cl)c2Cl)nn1. The monoisotopic (exact) mass is 395 g/mol. The van der Waals surface area contributed by atoms with Gasteiger partial charge in [-0.25, -0.2) is 0 Å². The number of ether oxygens (including phenoxy) is 1. The number of aromatic nitrogens is 2. The molecule has 1 aromatic carbocycles. The van der Waals surface area contributed by atoms with Gasteiger partial charge in [-0.2, -0.15) is 0 Å². The Kier molecular flexibility index (Phi) is 5.65. The lowest BCUT2D eigenvalue weighted by atomic mass is 10.0. The lowest BCUT2D eigenvalue weighted by Gasteiger charge is -2.28. The van der Waals surface area contributed by atoms with Gasteiger partial charge < -0.3 is 14.7 Å². The molecule has 138 valence electrons. The zero-order valence-corrected chi connectivity index (χ0v) is 15.8. The number of amides is 1. The van der Waals surface area contributed by atoms with E-state index >= 15 is 0 Å². The number of hydrogen-bond acceptors (Lipinski definition) is 5. The van der Waals surface area contributed by atoms with Gasteiger partial charge in [-0.15, -0.1) is 10.2 Å². The zero-order valence-electron chi connectivity index (χ0n) is 14.3. The first-order valence-corrected chi connectivity index (χ1v) is 9.07. The highest BCUT2D eigenvalue weighted by Gasteiger charge is 2.33. The van der Waals surface area contributed by atoms with Crippen LogP contribution in [-0.4, -0.2) is 45.3 Å². The predicted octanol–water partition coefficient (Wildman–Crippen LogP) is 3.95. The van der Waals surface area contributed by atoms with Gasteiger partial charge in [-0.05, 0) is 31.0 Å². The molecule has 0 saturated heterocycles. The molecule has 1 aliphatic carbocycles. The largest absolute Gasteiger partial charge is 0.436 e. The van der Waals surface area contributed by atoms with Gasteiger partial charge in [0, 0.05) is 19.7 Å². The van der Waals surface area contributed by atoms with Gasteiger partial charge in [-0.3, -0.25) is 4.79 Å². The van der Waals surface area contributed by atoms with Crippen molar-refractivity contribution in [3.05, 3.63) is 46.1 Å². The van der Waals surface area contributed by atoms with Crippen LogP contribution >= 0.6 is 23.2 Å². The van der Waals surface area contributed by atoms with E-state index in [1.165, 1.54) is 17.0 Å². The maximum Gasteiger partial charge on any atom is 0.274 e. The van der Waals surface area contributed by atoms with Gasteiger partial charge in [0.2, 0.25) is 5.88 Å². The van der Waals surface area contributed by atoms with E-state index in [2.05, 4.69) is 10.2 Å². The smallest absolute Gasteiger partial charge is 0.274 e. The number of likely N-dealkylation sites (N-methyl/N-ethyl adjacent to an activating group) is 1. The first-order valence-electron chi connectivity index (χ1n) is 8.31. The van der Waals surface area contributed by atoms with Crippen molar-refractivity contribution in [3.8, 4) is 11.6 Å². The van der Waals surface area contributed by atoms with Gasteiger partial charge in [0.1, 0.15) is 10.8 Å². The summed E-state index contributed by atoms with van der Waals surface area (Å²) in [4.78, 5) is 14.0.